The van der Waals surface area contributed by atoms with Gasteiger partial charge in [0.15, 0.2) is 11.8 Å². The quantitative estimate of drug-likeness (QED) is 0.524. The molecule has 1 aromatic heterocycles. The standard InChI is InChI=1S/C21H30N6O2/c1-22-21(23-11-17-16-6-4-3-5-14(16)7-9-18(17)28)24-15-8-10-20-25-19(13-29-2)26-27(20)12-15/h7,9,15,28H,3-6,8,10-13H2,1-2H3,(H2,22,23,24). The average Bonchev–Trinajstić information content (AvgIpc) is 3.14. The Kier molecular flexibility index (Phi) is 5.99. The predicted molar refractivity (Wildman–Crippen MR) is 111 cm³/mol. The van der Waals surface area contributed by atoms with Crippen LogP contribution >= 0.6 is 0 Å². The second-order valence-corrected chi connectivity index (χ2v) is 7.77. The number of benzene rings is 1. The van der Waals surface area contributed by atoms with Crippen molar-refractivity contribution in [3.63, 3.8) is 0 Å². The van der Waals surface area contributed by atoms with Crippen LogP contribution in [0.5, 0.6) is 5.75 Å². The summed E-state index contributed by atoms with van der Waals surface area (Å²) in [5.41, 5.74) is 3.66. The molecule has 0 spiro atoms. The smallest absolute Gasteiger partial charge is 0.191 e. The normalized spacial score (nSPS) is 18.8. The highest BCUT2D eigenvalue weighted by Crippen LogP contribution is 2.30. The molecule has 0 saturated carbocycles. The zero-order valence-corrected chi connectivity index (χ0v) is 17.2. The van der Waals surface area contributed by atoms with E-state index in [-0.39, 0.29) is 6.04 Å². The van der Waals surface area contributed by atoms with Gasteiger partial charge < -0.3 is 20.5 Å². The van der Waals surface area contributed by atoms with E-state index in [9.17, 15) is 5.11 Å². The average molecular weight is 399 g/mol. The molecule has 1 atom stereocenters. The van der Waals surface area contributed by atoms with Crippen molar-refractivity contribution in [2.75, 3.05) is 14.2 Å². The minimum atomic E-state index is 0.226. The van der Waals surface area contributed by atoms with Crippen molar-refractivity contribution in [1.82, 2.24) is 25.4 Å². The van der Waals surface area contributed by atoms with Crippen LogP contribution in [0, 0.1) is 0 Å². The van der Waals surface area contributed by atoms with Crippen molar-refractivity contribution in [2.24, 2.45) is 4.99 Å². The molecule has 0 fully saturated rings. The molecule has 8 heteroatoms. The molecule has 8 nitrogen and oxygen atoms in total. The summed E-state index contributed by atoms with van der Waals surface area (Å²) >= 11 is 0. The summed E-state index contributed by atoms with van der Waals surface area (Å²) in [6.07, 6.45) is 6.39. The molecule has 0 bridgehead atoms. The van der Waals surface area contributed by atoms with Gasteiger partial charge in [-0.05, 0) is 49.3 Å². The molecule has 1 unspecified atom stereocenters. The van der Waals surface area contributed by atoms with Gasteiger partial charge in [-0.25, -0.2) is 9.67 Å². The van der Waals surface area contributed by atoms with Crippen molar-refractivity contribution in [1.29, 1.82) is 0 Å². The lowest BCUT2D eigenvalue weighted by Gasteiger charge is -2.26. The number of aromatic nitrogens is 3. The first-order valence-electron chi connectivity index (χ1n) is 10.4. The van der Waals surface area contributed by atoms with E-state index in [1.165, 1.54) is 24.0 Å². The Hall–Kier alpha value is -2.61. The summed E-state index contributed by atoms with van der Waals surface area (Å²) in [7, 11) is 3.43. The molecule has 1 aliphatic heterocycles. The molecule has 29 heavy (non-hydrogen) atoms. The largest absolute Gasteiger partial charge is 0.508 e. The second-order valence-electron chi connectivity index (χ2n) is 7.77. The lowest BCUT2D eigenvalue weighted by atomic mass is 9.88. The highest BCUT2D eigenvalue weighted by atomic mass is 16.5. The number of ether oxygens (including phenoxy) is 1. The Labute approximate surface area is 171 Å². The Bertz CT molecular complexity index is 892. The maximum absolute atomic E-state index is 10.4. The molecule has 0 saturated heterocycles. The highest BCUT2D eigenvalue weighted by Gasteiger charge is 2.23. The van der Waals surface area contributed by atoms with Gasteiger partial charge in [-0.3, -0.25) is 4.99 Å². The number of aliphatic imine (C=N–C) groups is 1. The van der Waals surface area contributed by atoms with Gasteiger partial charge in [0.1, 0.15) is 18.2 Å². The first-order chi connectivity index (χ1) is 14.2. The van der Waals surface area contributed by atoms with Crippen molar-refractivity contribution in [3.8, 4) is 5.75 Å². The fourth-order valence-electron chi connectivity index (χ4n) is 4.32. The number of methoxy groups -OCH3 is 1. The van der Waals surface area contributed by atoms with E-state index in [1.807, 2.05) is 10.7 Å². The van der Waals surface area contributed by atoms with Gasteiger partial charge in [-0.2, -0.15) is 5.10 Å². The number of guanidine groups is 1. The Balaban J connectivity index is 1.38. The van der Waals surface area contributed by atoms with Gasteiger partial charge in [-0.1, -0.05) is 6.07 Å². The van der Waals surface area contributed by atoms with E-state index in [0.29, 0.717) is 18.9 Å². The van der Waals surface area contributed by atoms with Crippen LogP contribution in [0.2, 0.25) is 0 Å². The first kappa shape index (κ1) is 19.7. The van der Waals surface area contributed by atoms with Gasteiger partial charge in [-0.15, -0.1) is 0 Å². The number of phenolic OH excluding ortho intramolecular Hbond substituents is 1. The number of nitrogens with one attached hydrogen (secondary N) is 2. The van der Waals surface area contributed by atoms with E-state index >= 15 is 0 Å². The SMILES string of the molecule is CN=C(NCc1c(O)ccc2c1CCCC2)NC1CCc2nc(COC)nn2C1. The molecule has 2 aromatic rings. The van der Waals surface area contributed by atoms with Crippen LogP contribution in [0.3, 0.4) is 0 Å². The molecule has 2 heterocycles. The van der Waals surface area contributed by atoms with E-state index in [0.717, 1.165) is 55.4 Å². The van der Waals surface area contributed by atoms with Crippen molar-refractivity contribution >= 4 is 5.96 Å². The monoisotopic (exact) mass is 398 g/mol. The molecular weight excluding hydrogens is 368 g/mol. The van der Waals surface area contributed by atoms with Gasteiger partial charge in [0.2, 0.25) is 0 Å². The summed E-state index contributed by atoms with van der Waals surface area (Å²) in [6, 6.07) is 4.11. The molecular formula is C21H30N6O2. The molecule has 2 aliphatic rings. The molecule has 1 aliphatic carbocycles. The van der Waals surface area contributed by atoms with Gasteiger partial charge in [0.25, 0.3) is 0 Å². The summed E-state index contributed by atoms with van der Waals surface area (Å²) < 4.78 is 7.09. The van der Waals surface area contributed by atoms with E-state index < -0.39 is 0 Å². The van der Waals surface area contributed by atoms with Crippen LogP contribution in [-0.4, -0.2) is 46.0 Å². The van der Waals surface area contributed by atoms with E-state index in [1.54, 1.807) is 14.2 Å². The van der Waals surface area contributed by atoms with E-state index in [2.05, 4.69) is 31.8 Å². The van der Waals surface area contributed by atoms with Crippen LogP contribution < -0.4 is 10.6 Å². The van der Waals surface area contributed by atoms with Gasteiger partial charge >= 0.3 is 0 Å². The van der Waals surface area contributed by atoms with Crippen LogP contribution in [0.4, 0.5) is 0 Å². The zero-order chi connectivity index (χ0) is 20.2. The zero-order valence-electron chi connectivity index (χ0n) is 17.2. The summed E-state index contributed by atoms with van der Waals surface area (Å²) in [5.74, 6) is 2.85. The van der Waals surface area contributed by atoms with Gasteiger partial charge in [0, 0.05) is 38.7 Å². The number of aromatic hydroxyl groups is 1. The van der Waals surface area contributed by atoms with Crippen molar-refractivity contribution < 1.29 is 9.84 Å². The van der Waals surface area contributed by atoms with Crippen LogP contribution in [0.15, 0.2) is 17.1 Å². The molecule has 4 rings (SSSR count). The Morgan fingerprint density at radius 3 is 3.00 bits per heavy atom. The minimum Gasteiger partial charge on any atom is -0.508 e. The Morgan fingerprint density at radius 2 is 2.17 bits per heavy atom. The molecule has 156 valence electrons. The summed E-state index contributed by atoms with van der Waals surface area (Å²) in [4.78, 5) is 8.90. The fourth-order valence-corrected chi connectivity index (χ4v) is 4.32. The third-order valence-electron chi connectivity index (χ3n) is 5.80. The first-order valence-corrected chi connectivity index (χ1v) is 10.4. The van der Waals surface area contributed by atoms with Crippen LogP contribution in [-0.2, 0) is 43.7 Å². The van der Waals surface area contributed by atoms with Crippen molar-refractivity contribution in [2.45, 2.75) is 64.3 Å². The second kappa shape index (κ2) is 8.82. The Morgan fingerprint density at radius 1 is 1.31 bits per heavy atom. The molecule has 3 N–H and O–H groups in total. The van der Waals surface area contributed by atoms with Gasteiger partial charge in [0.05, 0.1) is 6.54 Å². The van der Waals surface area contributed by atoms with Crippen LogP contribution in [0.1, 0.15) is 47.6 Å². The summed E-state index contributed by atoms with van der Waals surface area (Å²) in [6.45, 7) is 1.75. The molecule has 1 aromatic carbocycles. The lowest BCUT2D eigenvalue weighted by Crippen LogP contribution is -2.46. The number of hydrogen-bond acceptors (Lipinski definition) is 5. The number of fused-ring (bicyclic) bond motifs is 2. The highest BCUT2D eigenvalue weighted by molar-refractivity contribution is 5.80. The molecule has 0 radical (unpaired) electrons. The lowest BCUT2D eigenvalue weighted by molar-refractivity contribution is 0.177. The number of aryl methyl sites for hydroxylation is 2. The third kappa shape index (κ3) is 4.37. The summed E-state index contributed by atoms with van der Waals surface area (Å²) in [5, 5.41) is 21.8. The van der Waals surface area contributed by atoms with Crippen LogP contribution in [0.25, 0.3) is 0 Å². The number of rotatable bonds is 5. The number of nitrogens with zero attached hydrogens (tertiary/aromatic N) is 4. The fraction of sp³-hybridized carbons (Fsp3) is 0.571. The maximum Gasteiger partial charge on any atom is 0.191 e. The minimum absolute atomic E-state index is 0.226. The number of hydrogen-bond donors (Lipinski definition) is 3. The maximum atomic E-state index is 10.4. The third-order valence-corrected chi connectivity index (χ3v) is 5.80. The number of phenols is 1. The topological polar surface area (TPSA) is 96.6 Å². The predicted octanol–water partition coefficient (Wildman–Crippen LogP) is 1.69. The molecule has 0 amide bonds. The van der Waals surface area contributed by atoms with E-state index in [4.69, 9.17) is 4.74 Å². The van der Waals surface area contributed by atoms with Crippen molar-refractivity contribution in [3.05, 3.63) is 40.5 Å².